The molecule has 1 atom stereocenters. The highest BCUT2D eigenvalue weighted by Gasteiger charge is 2.36. The molecule has 144 valence electrons. The highest BCUT2D eigenvalue weighted by molar-refractivity contribution is 7.91. The quantitative estimate of drug-likeness (QED) is 0.743. The first-order chi connectivity index (χ1) is 12.2. The van der Waals surface area contributed by atoms with E-state index in [2.05, 4.69) is 0 Å². The molecule has 1 aromatic rings. The molecule has 0 bridgehead atoms. The number of hydrogen-bond donors (Lipinski definition) is 0. The van der Waals surface area contributed by atoms with E-state index >= 15 is 0 Å². The van der Waals surface area contributed by atoms with Crippen LogP contribution in [-0.2, 0) is 24.7 Å². The highest BCUT2D eigenvalue weighted by atomic mass is 32.2. The summed E-state index contributed by atoms with van der Waals surface area (Å²) in [5.41, 5.74) is 0.989. The fraction of sp³-hybridized carbons (Fsp3) is 0.588. The van der Waals surface area contributed by atoms with E-state index < -0.39 is 25.8 Å². The molecule has 2 aliphatic heterocycles. The normalized spacial score (nSPS) is 24.3. The summed E-state index contributed by atoms with van der Waals surface area (Å²) in [7, 11) is -6.71. The van der Waals surface area contributed by atoms with Gasteiger partial charge in [-0.2, -0.15) is 4.31 Å². The molecule has 0 radical (unpaired) electrons. The van der Waals surface area contributed by atoms with Crippen LogP contribution in [-0.4, -0.2) is 69.6 Å². The first kappa shape index (κ1) is 19.3. The summed E-state index contributed by atoms with van der Waals surface area (Å²) in [6, 6.07) is 6.73. The van der Waals surface area contributed by atoms with Gasteiger partial charge in [-0.05, 0) is 31.9 Å². The summed E-state index contributed by atoms with van der Waals surface area (Å²) in [4.78, 5) is 14.5. The molecule has 0 unspecified atom stereocenters. The Morgan fingerprint density at radius 2 is 1.77 bits per heavy atom. The van der Waals surface area contributed by atoms with Crippen molar-refractivity contribution in [1.29, 1.82) is 0 Å². The summed E-state index contributed by atoms with van der Waals surface area (Å²) in [6.45, 7) is 3.22. The lowest BCUT2D eigenvalue weighted by molar-refractivity contribution is -0.134. The summed E-state index contributed by atoms with van der Waals surface area (Å²) < 4.78 is 50.2. The lowest BCUT2D eigenvalue weighted by atomic mass is 10.1. The van der Waals surface area contributed by atoms with Crippen molar-refractivity contribution in [2.45, 2.75) is 24.7 Å². The van der Waals surface area contributed by atoms with Crippen LogP contribution in [0.5, 0.6) is 0 Å². The number of aryl methyl sites for hydroxylation is 1. The lowest BCUT2D eigenvalue weighted by Gasteiger charge is -2.24. The van der Waals surface area contributed by atoms with Gasteiger partial charge in [0.15, 0.2) is 9.84 Å². The molecule has 2 heterocycles. The van der Waals surface area contributed by atoms with Crippen molar-refractivity contribution in [2.24, 2.45) is 5.92 Å². The summed E-state index contributed by atoms with van der Waals surface area (Å²) in [5, 5.41) is 0. The van der Waals surface area contributed by atoms with Crippen LogP contribution in [0, 0.1) is 12.8 Å². The second-order valence-electron chi connectivity index (χ2n) is 7.00. The van der Waals surface area contributed by atoms with Crippen LogP contribution in [0.25, 0.3) is 0 Å². The number of sulfone groups is 1. The Bertz CT molecular complexity index is 878. The van der Waals surface area contributed by atoms with Gasteiger partial charge < -0.3 is 4.90 Å². The van der Waals surface area contributed by atoms with E-state index in [4.69, 9.17) is 0 Å². The Kier molecular flexibility index (Phi) is 5.41. The van der Waals surface area contributed by atoms with Crippen molar-refractivity contribution in [3.8, 4) is 0 Å². The summed E-state index contributed by atoms with van der Waals surface area (Å²) in [6.07, 6.45) is 0.902. The number of carbonyl (C=O) groups is 1. The minimum absolute atomic E-state index is 0.0607. The van der Waals surface area contributed by atoms with Crippen molar-refractivity contribution in [2.75, 3.05) is 37.7 Å². The van der Waals surface area contributed by atoms with Gasteiger partial charge in [0.1, 0.15) is 0 Å². The molecule has 2 aliphatic rings. The molecule has 0 N–H and O–H groups in total. The molecule has 0 aromatic heterocycles. The first-order valence-electron chi connectivity index (χ1n) is 8.75. The summed E-state index contributed by atoms with van der Waals surface area (Å²) in [5.74, 6) is -0.681. The average Bonchev–Trinajstić information content (AvgIpc) is 2.80. The maximum atomic E-state index is 12.8. The molecule has 0 saturated carbocycles. The van der Waals surface area contributed by atoms with E-state index in [1.165, 1.54) is 4.31 Å². The van der Waals surface area contributed by atoms with Gasteiger partial charge in [-0.3, -0.25) is 4.79 Å². The van der Waals surface area contributed by atoms with Crippen LogP contribution in [0.4, 0.5) is 0 Å². The van der Waals surface area contributed by atoms with Gasteiger partial charge in [0.25, 0.3) is 0 Å². The summed E-state index contributed by atoms with van der Waals surface area (Å²) >= 11 is 0. The topological polar surface area (TPSA) is 91.8 Å². The number of amides is 1. The zero-order chi connectivity index (χ0) is 18.9. The number of sulfonamides is 1. The number of nitrogens with zero attached hydrogens (tertiary/aromatic N) is 2. The first-order valence-corrected chi connectivity index (χ1v) is 12.0. The molecule has 1 amide bonds. The molecule has 1 aromatic carbocycles. The maximum Gasteiger partial charge on any atom is 0.243 e. The predicted molar refractivity (Wildman–Crippen MR) is 97.9 cm³/mol. The van der Waals surface area contributed by atoms with Crippen LogP contribution in [0.2, 0.25) is 0 Å². The van der Waals surface area contributed by atoms with Crippen LogP contribution >= 0.6 is 0 Å². The van der Waals surface area contributed by atoms with Gasteiger partial charge in [0.2, 0.25) is 15.9 Å². The highest BCUT2D eigenvalue weighted by Crippen LogP contribution is 2.23. The van der Waals surface area contributed by atoms with Crippen LogP contribution in [0.1, 0.15) is 18.4 Å². The lowest BCUT2D eigenvalue weighted by Crippen LogP contribution is -2.40. The van der Waals surface area contributed by atoms with Crippen LogP contribution in [0.15, 0.2) is 29.2 Å². The SMILES string of the molecule is Cc1ccc(S(=O)(=O)N2CCCN(C(=O)[C@@H]3CCS(=O)(=O)C3)CC2)cc1. The zero-order valence-electron chi connectivity index (χ0n) is 14.8. The van der Waals surface area contributed by atoms with E-state index in [-0.39, 0.29) is 28.9 Å². The van der Waals surface area contributed by atoms with Crippen molar-refractivity contribution >= 4 is 25.8 Å². The number of carbonyl (C=O) groups excluding carboxylic acids is 1. The van der Waals surface area contributed by atoms with Crippen LogP contribution < -0.4 is 0 Å². The molecule has 7 nitrogen and oxygen atoms in total. The Labute approximate surface area is 155 Å². The van der Waals surface area contributed by atoms with Gasteiger partial charge in [0.05, 0.1) is 22.3 Å². The van der Waals surface area contributed by atoms with Gasteiger partial charge in [0, 0.05) is 26.2 Å². The molecule has 2 saturated heterocycles. The molecular weight excluding hydrogens is 376 g/mol. The standard InChI is InChI=1S/C17H24N2O5S2/c1-14-3-5-16(6-4-14)26(23,24)19-9-2-8-18(10-11-19)17(20)15-7-12-25(21,22)13-15/h3-6,15H,2,7-13H2,1H3/t15-/m1/s1. The minimum atomic E-state index is -3.59. The van der Waals surface area contributed by atoms with Gasteiger partial charge in [-0.1, -0.05) is 17.7 Å². The molecular formula is C17H24N2O5S2. The number of benzene rings is 1. The third kappa shape index (κ3) is 4.10. The Morgan fingerprint density at radius 1 is 1.08 bits per heavy atom. The van der Waals surface area contributed by atoms with E-state index in [1.54, 1.807) is 29.2 Å². The Hall–Kier alpha value is -1.45. The van der Waals surface area contributed by atoms with Crippen molar-refractivity contribution in [3.05, 3.63) is 29.8 Å². The monoisotopic (exact) mass is 400 g/mol. The van der Waals surface area contributed by atoms with E-state index in [0.29, 0.717) is 32.5 Å². The predicted octanol–water partition coefficient (Wildman–Crippen LogP) is 0.653. The fourth-order valence-corrected chi connectivity index (χ4v) is 6.66. The van der Waals surface area contributed by atoms with Gasteiger partial charge in [-0.25, -0.2) is 16.8 Å². The van der Waals surface area contributed by atoms with Crippen molar-refractivity contribution in [3.63, 3.8) is 0 Å². The minimum Gasteiger partial charge on any atom is -0.341 e. The van der Waals surface area contributed by atoms with Crippen molar-refractivity contribution in [1.82, 2.24) is 9.21 Å². The Balaban J connectivity index is 1.68. The van der Waals surface area contributed by atoms with E-state index in [9.17, 15) is 21.6 Å². The second kappa shape index (κ2) is 7.28. The van der Waals surface area contributed by atoms with Crippen LogP contribution in [0.3, 0.4) is 0 Å². The molecule has 3 rings (SSSR count). The number of rotatable bonds is 3. The third-order valence-corrected chi connectivity index (χ3v) is 8.69. The second-order valence-corrected chi connectivity index (χ2v) is 11.2. The Morgan fingerprint density at radius 3 is 2.38 bits per heavy atom. The van der Waals surface area contributed by atoms with Crippen molar-refractivity contribution < 1.29 is 21.6 Å². The molecule has 26 heavy (non-hydrogen) atoms. The molecule has 0 aliphatic carbocycles. The van der Waals surface area contributed by atoms with Gasteiger partial charge in [-0.15, -0.1) is 0 Å². The zero-order valence-corrected chi connectivity index (χ0v) is 16.4. The molecule has 0 spiro atoms. The van der Waals surface area contributed by atoms with Gasteiger partial charge >= 0.3 is 0 Å². The third-order valence-electron chi connectivity index (χ3n) is 5.01. The maximum absolute atomic E-state index is 12.8. The molecule has 9 heteroatoms. The fourth-order valence-electron chi connectivity index (χ4n) is 3.46. The van der Waals surface area contributed by atoms with E-state index in [1.807, 2.05) is 6.92 Å². The molecule has 2 fully saturated rings. The largest absolute Gasteiger partial charge is 0.341 e. The number of hydrogen-bond acceptors (Lipinski definition) is 5. The average molecular weight is 401 g/mol. The smallest absolute Gasteiger partial charge is 0.243 e. The van der Waals surface area contributed by atoms with E-state index in [0.717, 1.165) is 5.56 Å².